The molecule has 6 heteroatoms. The number of ether oxygens (including phenoxy) is 3. The van der Waals surface area contributed by atoms with Crippen LogP contribution in [-0.4, -0.2) is 42.4 Å². The van der Waals surface area contributed by atoms with Gasteiger partial charge in [0.05, 0.1) is 18.8 Å². The maximum Gasteiger partial charge on any atom is 0.333 e. The monoisotopic (exact) mass is 302 g/mol. The Morgan fingerprint density at radius 3 is 2.85 bits per heavy atom. The molecule has 0 amide bonds. The molecule has 1 atom stereocenters. The lowest BCUT2D eigenvalue weighted by Crippen LogP contribution is -2.39. The quantitative estimate of drug-likeness (QED) is 0.573. The van der Waals surface area contributed by atoms with Crippen molar-refractivity contribution < 1.29 is 23.8 Å². The first-order valence-corrected chi connectivity index (χ1v) is 7.84. The molecule has 0 aromatic heterocycles. The van der Waals surface area contributed by atoms with E-state index in [4.69, 9.17) is 14.2 Å². The van der Waals surface area contributed by atoms with Gasteiger partial charge in [-0.05, 0) is 25.5 Å². The van der Waals surface area contributed by atoms with Gasteiger partial charge in [0.25, 0.3) is 0 Å². The van der Waals surface area contributed by atoms with Crippen molar-refractivity contribution >= 4 is 23.7 Å². The molecule has 1 aliphatic rings. The minimum atomic E-state index is -0.888. The van der Waals surface area contributed by atoms with E-state index in [0.29, 0.717) is 17.9 Å². The van der Waals surface area contributed by atoms with E-state index in [-0.39, 0.29) is 13.0 Å². The average molecular weight is 302 g/mol. The molecule has 0 aromatic rings. The number of carbonyl (C=O) groups is 2. The Morgan fingerprint density at radius 2 is 2.15 bits per heavy atom. The van der Waals surface area contributed by atoms with Crippen LogP contribution in [0.4, 0.5) is 0 Å². The summed E-state index contributed by atoms with van der Waals surface area (Å²) in [6, 6.07) is 0. The maximum absolute atomic E-state index is 11.7. The highest BCUT2D eigenvalue weighted by atomic mass is 32.2. The third-order valence-electron chi connectivity index (χ3n) is 2.67. The summed E-state index contributed by atoms with van der Waals surface area (Å²) < 4.78 is 15.8. The predicted octanol–water partition coefficient (Wildman–Crippen LogP) is 2.30. The Balaban J connectivity index is 2.32. The van der Waals surface area contributed by atoms with E-state index in [1.54, 1.807) is 25.6 Å². The van der Waals surface area contributed by atoms with Gasteiger partial charge in [-0.3, -0.25) is 4.79 Å². The molecule has 0 radical (unpaired) electrons. The summed E-state index contributed by atoms with van der Waals surface area (Å²) >= 11 is 1.71. The number of thioether (sulfide) groups is 1. The predicted molar refractivity (Wildman–Crippen MR) is 77.4 cm³/mol. The molecule has 0 aliphatic carbocycles. The van der Waals surface area contributed by atoms with Gasteiger partial charge in [0.2, 0.25) is 5.79 Å². The maximum atomic E-state index is 11.7. The van der Waals surface area contributed by atoms with Crippen LogP contribution >= 0.6 is 11.8 Å². The Kier molecular flexibility index (Phi) is 7.09. The SMILES string of the molecule is C=C(C)C(=O)OCCC(=O)OC1(C)CSCCCCO1. The van der Waals surface area contributed by atoms with E-state index in [2.05, 4.69) is 6.58 Å². The van der Waals surface area contributed by atoms with E-state index in [1.165, 1.54) is 0 Å². The summed E-state index contributed by atoms with van der Waals surface area (Å²) in [5.41, 5.74) is 0.310. The van der Waals surface area contributed by atoms with Crippen LogP contribution in [0.2, 0.25) is 0 Å². The van der Waals surface area contributed by atoms with Gasteiger partial charge < -0.3 is 14.2 Å². The summed E-state index contributed by atoms with van der Waals surface area (Å²) in [5.74, 6) is -0.151. The highest BCUT2D eigenvalue weighted by Crippen LogP contribution is 2.24. The molecule has 114 valence electrons. The molecule has 0 saturated carbocycles. The Labute approximate surface area is 124 Å². The third-order valence-corrected chi connectivity index (χ3v) is 3.98. The first-order valence-electron chi connectivity index (χ1n) is 6.69. The fourth-order valence-corrected chi connectivity index (χ4v) is 2.66. The van der Waals surface area contributed by atoms with Crippen LogP contribution in [0.3, 0.4) is 0 Å². The van der Waals surface area contributed by atoms with Crippen LogP contribution in [0.1, 0.15) is 33.1 Å². The average Bonchev–Trinajstić information content (AvgIpc) is 2.34. The lowest BCUT2D eigenvalue weighted by molar-refractivity contribution is -0.214. The summed E-state index contributed by atoms with van der Waals surface area (Å²) in [5, 5.41) is 0. The van der Waals surface area contributed by atoms with Gasteiger partial charge in [0, 0.05) is 12.5 Å². The molecule has 0 aromatic carbocycles. The van der Waals surface area contributed by atoms with E-state index >= 15 is 0 Å². The molecular weight excluding hydrogens is 280 g/mol. The second-order valence-corrected chi connectivity index (χ2v) is 5.99. The highest BCUT2D eigenvalue weighted by molar-refractivity contribution is 7.99. The van der Waals surface area contributed by atoms with Crippen molar-refractivity contribution in [3.8, 4) is 0 Å². The Hall–Kier alpha value is -1.01. The fourth-order valence-electron chi connectivity index (χ4n) is 1.59. The summed E-state index contributed by atoms with van der Waals surface area (Å²) in [4.78, 5) is 22.9. The molecule has 5 nitrogen and oxygen atoms in total. The fraction of sp³-hybridized carbons (Fsp3) is 0.714. The number of hydrogen-bond donors (Lipinski definition) is 0. The van der Waals surface area contributed by atoms with Crippen LogP contribution in [-0.2, 0) is 23.8 Å². The van der Waals surface area contributed by atoms with E-state index in [9.17, 15) is 9.59 Å². The molecule has 0 bridgehead atoms. The van der Waals surface area contributed by atoms with Crippen molar-refractivity contribution in [2.75, 3.05) is 24.7 Å². The number of carbonyl (C=O) groups excluding carboxylic acids is 2. The molecule has 20 heavy (non-hydrogen) atoms. The summed E-state index contributed by atoms with van der Waals surface area (Å²) in [6.07, 6.45) is 2.10. The zero-order chi connectivity index (χ0) is 15.0. The van der Waals surface area contributed by atoms with E-state index < -0.39 is 17.7 Å². The molecular formula is C14H22O5S. The minimum absolute atomic E-state index is 0.00620. The topological polar surface area (TPSA) is 61.8 Å². The van der Waals surface area contributed by atoms with Gasteiger partial charge in [-0.25, -0.2) is 4.79 Å². The Bertz CT molecular complexity index is 359. The van der Waals surface area contributed by atoms with Gasteiger partial charge in [-0.1, -0.05) is 6.58 Å². The van der Waals surface area contributed by atoms with Crippen molar-refractivity contribution in [3.05, 3.63) is 12.2 Å². The van der Waals surface area contributed by atoms with E-state index in [1.807, 2.05) is 0 Å². The molecule has 0 N–H and O–H groups in total. The highest BCUT2D eigenvalue weighted by Gasteiger charge is 2.30. The van der Waals surface area contributed by atoms with Crippen LogP contribution < -0.4 is 0 Å². The molecule has 1 rings (SSSR count). The van der Waals surface area contributed by atoms with E-state index in [0.717, 1.165) is 18.6 Å². The standard InChI is InChI=1S/C14H22O5S/c1-11(2)13(16)17-8-6-12(15)19-14(3)10-20-9-5-4-7-18-14/h1,4-10H2,2-3H3. The summed E-state index contributed by atoms with van der Waals surface area (Å²) in [6.45, 7) is 7.37. The normalized spacial score (nSPS) is 23.3. The smallest absolute Gasteiger partial charge is 0.333 e. The second kappa shape index (κ2) is 8.32. The molecule has 1 aliphatic heterocycles. The lowest BCUT2D eigenvalue weighted by Gasteiger charge is -2.30. The van der Waals surface area contributed by atoms with Gasteiger partial charge in [0.1, 0.15) is 6.61 Å². The lowest BCUT2D eigenvalue weighted by atomic mass is 10.3. The van der Waals surface area contributed by atoms with Gasteiger partial charge in [-0.15, -0.1) is 0 Å². The molecule has 1 fully saturated rings. The Morgan fingerprint density at radius 1 is 1.40 bits per heavy atom. The zero-order valence-corrected chi connectivity index (χ0v) is 12.9. The van der Waals surface area contributed by atoms with Crippen LogP contribution in [0.25, 0.3) is 0 Å². The minimum Gasteiger partial charge on any atom is -0.462 e. The van der Waals surface area contributed by atoms with Crippen molar-refractivity contribution in [2.45, 2.75) is 38.9 Å². The summed E-state index contributed by atoms with van der Waals surface area (Å²) in [7, 11) is 0. The number of hydrogen-bond acceptors (Lipinski definition) is 6. The number of esters is 2. The van der Waals surface area contributed by atoms with Crippen LogP contribution in [0.15, 0.2) is 12.2 Å². The van der Waals surface area contributed by atoms with Gasteiger partial charge >= 0.3 is 11.9 Å². The van der Waals surface area contributed by atoms with Crippen molar-refractivity contribution in [2.24, 2.45) is 0 Å². The zero-order valence-electron chi connectivity index (χ0n) is 12.1. The van der Waals surface area contributed by atoms with Crippen LogP contribution in [0, 0.1) is 0 Å². The van der Waals surface area contributed by atoms with Crippen molar-refractivity contribution in [3.63, 3.8) is 0 Å². The van der Waals surface area contributed by atoms with Crippen LogP contribution in [0.5, 0.6) is 0 Å². The van der Waals surface area contributed by atoms with Crippen molar-refractivity contribution in [1.82, 2.24) is 0 Å². The largest absolute Gasteiger partial charge is 0.462 e. The molecule has 1 saturated heterocycles. The van der Waals surface area contributed by atoms with Gasteiger partial charge in [-0.2, -0.15) is 11.8 Å². The molecule has 1 heterocycles. The number of rotatable bonds is 5. The van der Waals surface area contributed by atoms with Gasteiger partial charge in [0.15, 0.2) is 0 Å². The first kappa shape index (κ1) is 17.0. The van der Waals surface area contributed by atoms with Crippen molar-refractivity contribution in [1.29, 1.82) is 0 Å². The molecule has 0 spiro atoms. The first-order chi connectivity index (χ1) is 9.43. The second-order valence-electron chi connectivity index (χ2n) is 4.88. The third kappa shape index (κ3) is 6.43. The molecule has 1 unspecified atom stereocenters.